The first-order valence-corrected chi connectivity index (χ1v) is 8.24. The molecule has 136 valence electrons. The van der Waals surface area contributed by atoms with Crippen LogP contribution in [-0.2, 0) is 11.8 Å². The number of amides is 1. The molecule has 0 saturated carbocycles. The van der Waals surface area contributed by atoms with Crippen LogP contribution in [-0.4, -0.2) is 46.6 Å². The summed E-state index contributed by atoms with van der Waals surface area (Å²) >= 11 is 0. The molecule has 1 saturated heterocycles. The molecule has 1 N–H and O–H groups in total. The molecule has 0 radical (unpaired) electrons. The summed E-state index contributed by atoms with van der Waals surface area (Å²) in [5, 5.41) is 3.34. The molecular weight excluding hydrogens is 340 g/mol. The molecule has 1 amide bonds. The summed E-state index contributed by atoms with van der Waals surface area (Å²) in [5.41, 5.74) is 2.09. The van der Waals surface area contributed by atoms with Gasteiger partial charge in [0.05, 0.1) is 0 Å². The van der Waals surface area contributed by atoms with Gasteiger partial charge in [-0.2, -0.15) is 0 Å². The molecule has 0 bridgehead atoms. The third kappa shape index (κ3) is 4.14. The maximum absolute atomic E-state index is 12.7. The van der Waals surface area contributed by atoms with Crippen molar-refractivity contribution in [3.63, 3.8) is 0 Å². The number of aryl methyl sites for hydroxylation is 3. The van der Waals surface area contributed by atoms with E-state index in [1.807, 2.05) is 54.8 Å². The number of rotatable bonds is 4. The molecule has 1 aromatic heterocycles. The molecule has 7 heteroatoms. The number of benzene rings is 1. The lowest BCUT2D eigenvalue weighted by Gasteiger charge is -2.35. The number of halogens is 1. The van der Waals surface area contributed by atoms with E-state index >= 15 is 0 Å². The summed E-state index contributed by atoms with van der Waals surface area (Å²) < 4.78 is 7.80. The van der Waals surface area contributed by atoms with Gasteiger partial charge in [0.1, 0.15) is 17.6 Å². The van der Waals surface area contributed by atoms with Crippen LogP contribution < -0.4 is 10.1 Å². The minimum absolute atomic E-state index is 0. The number of nitrogens with one attached hydrogen (secondary N) is 1. The highest BCUT2D eigenvalue weighted by atomic mass is 35.5. The first-order chi connectivity index (χ1) is 11.6. The molecule has 1 unspecified atom stereocenters. The Balaban J connectivity index is 0.00000225. The van der Waals surface area contributed by atoms with E-state index in [0.29, 0.717) is 13.1 Å². The lowest BCUT2D eigenvalue weighted by atomic mass is 10.1. The number of carbonyl (C=O) groups is 1. The Morgan fingerprint density at radius 2 is 2.08 bits per heavy atom. The Morgan fingerprint density at radius 3 is 2.72 bits per heavy atom. The van der Waals surface area contributed by atoms with Crippen LogP contribution in [0.15, 0.2) is 30.6 Å². The Labute approximate surface area is 154 Å². The number of aromatic nitrogens is 2. The average Bonchev–Trinajstić information content (AvgIpc) is 3.00. The van der Waals surface area contributed by atoms with Crippen LogP contribution in [0.1, 0.15) is 23.0 Å². The Kier molecular flexibility index (Phi) is 6.45. The van der Waals surface area contributed by atoms with E-state index in [-0.39, 0.29) is 31.0 Å². The fraction of sp³-hybridized carbons (Fsp3) is 0.444. The number of para-hydroxylation sites is 1. The fourth-order valence-corrected chi connectivity index (χ4v) is 3.18. The van der Waals surface area contributed by atoms with Crippen molar-refractivity contribution in [2.24, 2.45) is 7.05 Å². The summed E-state index contributed by atoms with van der Waals surface area (Å²) in [6, 6.07) is 5.92. The highest BCUT2D eigenvalue weighted by Gasteiger charge is 2.30. The Bertz CT molecular complexity index is 711. The van der Waals surface area contributed by atoms with E-state index in [9.17, 15) is 4.79 Å². The minimum atomic E-state index is -0.0622. The molecule has 1 fully saturated rings. The zero-order chi connectivity index (χ0) is 17.1. The normalized spacial score (nSPS) is 17.1. The molecule has 25 heavy (non-hydrogen) atoms. The van der Waals surface area contributed by atoms with Gasteiger partial charge in [-0.1, -0.05) is 18.2 Å². The van der Waals surface area contributed by atoms with Gasteiger partial charge >= 0.3 is 0 Å². The first-order valence-electron chi connectivity index (χ1n) is 8.24. The van der Waals surface area contributed by atoms with E-state index < -0.39 is 0 Å². The number of ether oxygens (including phenoxy) is 1. The average molecular weight is 365 g/mol. The highest BCUT2D eigenvalue weighted by molar-refractivity contribution is 5.85. The highest BCUT2D eigenvalue weighted by Crippen LogP contribution is 2.24. The van der Waals surface area contributed by atoms with Gasteiger partial charge in [0.2, 0.25) is 0 Å². The van der Waals surface area contributed by atoms with Crippen LogP contribution in [0.4, 0.5) is 0 Å². The standard InChI is InChI=1S/C18H24N4O2.ClH/c1-13-5-4-6-14(2)17(13)24-12-16(23)22-10-7-19-11-15(22)18-20-8-9-21(18)3;/h4-6,8-9,15,19H,7,10-12H2,1-3H3;1H. The van der Waals surface area contributed by atoms with Gasteiger partial charge < -0.3 is 19.5 Å². The quantitative estimate of drug-likeness (QED) is 0.901. The second kappa shape index (κ2) is 8.36. The second-order valence-electron chi connectivity index (χ2n) is 6.21. The fourth-order valence-electron chi connectivity index (χ4n) is 3.18. The summed E-state index contributed by atoms with van der Waals surface area (Å²) in [5.74, 6) is 1.68. The lowest BCUT2D eigenvalue weighted by molar-refractivity contribution is -0.137. The molecular formula is C18H25ClN4O2. The Hall–Kier alpha value is -2.05. The van der Waals surface area contributed by atoms with Crippen molar-refractivity contribution in [3.8, 4) is 5.75 Å². The molecule has 0 spiro atoms. The zero-order valence-electron chi connectivity index (χ0n) is 14.9. The van der Waals surface area contributed by atoms with Crippen LogP contribution in [0, 0.1) is 13.8 Å². The van der Waals surface area contributed by atoms with Crippen LogP contribution in [0.3, 0.4) is 0 Å². The number of hydrogen-bond acceptors (Lipinski definition) is 4. The van der Waals surface area contributed by atoms with E-state index in [0.717, 1.165) is 29.2 Å². The summed E-state index contributed by atoms with van der Waals surface area (Å²) in [6.45, 7) is 6.19. The van der Waals surface area contributed by atoms with Crippen LogP contribution in [0.2, 0.25) is 0 Å². The largest absolute Gasteiger partial charge is 0.483 e. The van der Waals surface area contributed by atoms with Crippen molar-refractivity contribution in [3.05, 3.63) is 47.5 Å². The minimum Gasteiger partial charge on any atom is -0.483 e. The van der Waals surface area contributed by atoms with Gasteiger partial charge in [0, 0.05) is 39.1 Å². The molecule has 2 heterocycles. The molecule has 1 atom stereocenters. The molecule has 2 aromatic rings. The van der Waals surface area contributed by atoms with Crippen molar-refractivity contribution >= 4 is 18.3 Å². The topological polar surface area (TPSA) is 59.4 Å². The third-order valence-electron chi connectivity index (χ3n) is 4.47. The van der Waals surface area contributed by atoms with Crippen molar-refractivity contribution in [1.82, 2.24) is 19.8 Å². The van der Waals surface area contributed by atoms with E-state index in [4.69, 9.17) is 4.74 Å². The van der Waals surface area contributed by atoms with E-state index in [1.54, 1.807) is 6.20 Å². The van der Waals surface area contributed by atoms with E-state index in [1.165, 1.54) is 0 Å². The molecule has 1 aliphatic heterocycles. The van der Waals surface area contributed by atoms with Crippen LogP contribution >= 0.6 is 12.4 Å². The van der Waals surface area contributed by atoms with Crippen molar-refractivity contribution < 1.29 is 9.53 Å². The second-order valence-corrected chi connectivity index (χ2v) is 6.21. The van der Waals surface area contributed by atoms with Gasteiger partial charge in [-0.3, -0.25) is 4.79 Å². The maximum Gasteiger partial charge on any atom is 0.261 e. The molecule has 1 aromatic carbocycles. The smallest absolute Gasteiger partial charge is 0.261 e. The monoisotopic (exact) mass is 364 g/mol. The van der Waals surface area contributed by atoms with Gasteiger partial charge in [0.25, 0.3) is 5.91 Å². The summed E-state index contributed by atoms with van der Waals surface area (Å²) in [7, 11) is 1.95. The first kappa shape index (κ1) is 19.3. The number of hydrogen-bond donors (Lipinski definition) is 1. The van der Waals surface area contributed by atoms with Crippen molar-refractivity contribution in [1.29, 1.82) is 0 Å². The number of piperazine rings is 1. The predicted molar refractivity (Wildman–Crippen MR) is 99.2 cm³/mol. The van der Waals surface area contributed by atoms with Gasteiger partial charge in [-0.25, -0.2) is 4.98 Å². The molecule has 3 rings (SSSR count). The zero-order valence-corrected chi connectivity index (χ0v) is 15.7. The summed E-state index contributed by atoms with van der Waals surface area (Å²) in [4.78, 5) is 19.0. The number of nitrogens with zero attached hydrogens (tertiary/aromatic N) is 3. The predicted octanol–water partition coefficient (Wildman–Crippen LogP) is 2.01. The molecule has 1 aliphatic rings. The maximum atomic E-state index is 12.7. The Morgan fingerprint density at radius 1 is 1.36 bits per heavy atom. The van der Waals surface area contributed by atoms with Gasteiger partial charge in [-0.05, 0) is 25.0 Å². The van der Waals surface area contributed by atoms with Gasteiger partial charge in [0.15, 0.2) is 6.61 Å². The van der Waals surface area contributed by atoms with Crippen molar-refractivity contribution in [2.75, 3.05) is 26.2 Å². The summed E-state index contributed by atoms with van der Waals surface area (Å²) in [6.07, 6.45) is 3.67. The van der Waals surface area contributed by atoms with Crippen molar-refractivity contribution in [2.45, 2.75) is 19.9 Å². The molecule has 0 aliphatic carbocycles. The SMILES string of the molecule is Cc1cccc(C)c1OCC(=O)N1CCNCC1c1nccn1C.Cl. The molecule has 6 nitrogen and oxygen atoms in total. The van der Waals surface area contributed by atoms with Crippen LogP contribution in [0.5, 0.6) is 5.75 Å². The lowest BCUT2D eigenvalue weighted by Crippen LogP contribution is -2.50. The van der Waals surface area contributed by atoms with E-state index in [2.05, 4.69) is 10.3 Å². The van der Waals surface area contributed by atoms with Gasteiger partial charge in [-0.15, -0.1) is 12.4 Å². The number of carbonyl (C=O) groups excluding carboxylic acids is 1. The van der Waals surface area contributed by atoms with Crippen LogP contribution in [0.25, 0.3) is 0 Å². The third-order valence-corrected chi connectivity index (χ3v) is 4.47. The number of imidazole rings is 1.